The Balaban J connectivity index is 1.60. The molecule has 6 nitrogen and oxygen atoms in total. The monoisotopic (exact) mass is 272 g/mol. The molecule has 0 aliphatic heterocycles. The van der Waals surface area contributed by atoms with Crippen molar-refractivity contribution in [3.63, 3.8) is 0 Å². The van der Waals surface area contributed by atoms with Crippen LogP contribution in [0.25, 0.3) is 0 Å². The number of amides is 1. The largest absolute Gasteiger partial charge is 0.351 e. The summed E-state index contributed by atoms with van der Waals surface area (Å²) in [7, 11) is 0. The summed E-state index contributed by atoms with van der Waals surface area (Å²) in [5.41, 5.74) is 2.16. The Morgan fingerprint density at radius 3 is 3.25 bits per heavy atom. The van der Waals surface area contributed by atoms with Gasteiger partial charge in [-0.25, -0.2) is 0 Å². The van der Waals surface area contributed by atoms with Crippen molar-refractivity contribution in [3.8, 4) is 0 Å². The van der Waals surface area contributed by atoms with Gasteiger partial charge in [0.1, 0.15) is 6.54 Å². The van der Waals surface area contributed by atoms with E-state index >= 15 is 0 Å². The summed E-state index contributed by atoms with van der Waals surface area (Å²) < 4.78 is 1.40. The Morgan fingerprint density at radius 2 is 2.40 bits per heavy atom. The minimum Gasteiger partial charge on any atom is -0.351 e. The number of fused-ring (bicyclic) bond motifs is 1. The normalized spacial score (nSPS) is 17.5. The Labute approximate surface area is 115 Å². The molecule has 3 rings (SSSR count). The van der Waals surface area contributed by atoms with Crippen LogP contribution in [0, 0.1) is 0 Å². The zero-order valence-electron chi connectivity index (χ0n) is 11.0. The maximum absolute atomic E-state index is 12.0. The molecule has 2 heterocycles. The van der Waals surface area contributed by atoms with Crippen LogP contribution in [0.2, 0.25) is 0 Å². The number of carbonyl (C=O) groups is 1. The number of hydrogen-bond acceptors (Lipinski definition) is 3. The first-order chi connectivity index (χ1) is 9.72. The summed E-state index contributed by atoms with van der Waals surface area (Å²) in [5.74, 6) is -0.133. The first-order valence-electron chi connectivity index (χ1n) is 6.68. The number of nitrogens with one attached hydrogen (secondary N) is 2. The molecule has 1 amide bonds. The molecule has 0 fully saturated rings. The van der Waals surface area contributed by atoms with E-state index in [0.717, 1.165) is 25.0 Å². The second-order valence-electron chi connectivity index (χ2n) is 5.05. The van der Waals surface area contributed by atoms with Gasteiger partial charge in [0.05, 0.1) is 6.20 Å². The molecule has 0 saturated carbocycles. The van der Waals surface area contributed by atoms with Gasteiger partial charge in [0.25, 0.3) is 5.56 Å². The van der Waals surface area contributed by atoms with E-state index in [4.69, 9.17) is 0 Å². The van der Waals surface area contributed by atoms with E-state index in [1.807, 2.05) is 6.20 Å². The highest BCUT2D eigenvalue weighted by Gasteiger charge is 2.21. The lowest BCUT2D eigenvalue weighted by atomic mass is 9.94. The zero-order valence-corrected chi connectivity index (χ0v) is 11.0. The van der Waals surface area contributed by atoms with Crippen LogP contribution in [-0.4, -0.2) is 26.7 Å². The molecular formula is C14H16N4O2. The van der Waals surface area contributed by atoms with Crippen LogP contribution in [0.15, 0.2) is 35.4 Å². The highest BCUT2D eigenvalue weighted by Crippen LogP contribution is 2.18. The lowest BCUT2D eigenvalue weighted by Crippen LogP contribution is -2.41. The third kappa shape index (κ3) is 2.64. The maximum Gasteiger partial charge on any atom is 0.250 e. The Morgan fingerprint density at radius 1 is 1.50 bits per heavy atom. The topological polar surface area (TPSA) is 79.8 Å². The first kappa shape index (κ1) is 12.7. The molecule has 1 unspecified atom stereocenters. The summed E-state index contributed by atoms with van der Waals surface area (Å²) in [4.78, 5) is 23.5. The predicted molar refractivity (Wildman–Crippen MR) is 73.2 cm³/mol. The second-order valence-corrected chi connectivity index (χ2v) is 5.05. The first-order valence-corrected chi connectivity index (χ1v) is 6.68. The number of aromatic nitrogens is 3. The molecule has 0 spiro atoms. The van der Waals surface area contributed by atoms with Crippen LogP contribution >= 0.6 is 0 Å². The van der Waals surface area contributed by atoms with Crippen molar-refractivity contribution >= 4 is 5.91 Å². The van der Waals surface area contributed by atoms with Gasteiger partial charge in [-0.3, -0.25) is 14.7 Å². The van der Waals surface area contributed by atoms with Crippen molar-refractivity contribution in [1.82, 2.24) is 20.1 Å². The van der Waals surface area contributed by atoms with Crippen LogP contribution in [0.4, 0.5) is 0 Å². The highest BCUT2D eigenvalue weighted by atomic mass is 16.2. The van der Waals surface area contributed by atoms with Gasteiger partial charge in [-0.1, -0.05) is 6.07 Å². The number of aromatic amines is 1. The van der Waals surface area contributed by atoms with Crippen LogP contribution in [0.5, 0.6) is 0 Å². The Hall–Kier alpha value is -2.37. The van der Waals surface area contributed by atoms with Crippen LogP contribution in [-0.2, 0) is 24.2 Å². The number of hydrogen-bond donors (Lipinski definition) is 2. The number of H-pyrrole nitrogens is 1. The molecular weight excluding hydrogens is 256 g/mol. The SMILES string of the molecule is O=C(Cn1ccccc1=O)NC1CCc2cn[nH]c2C1. The van der Waals surface area contributed by atoms with Crippen molar-refractivity contribution < 1.29 is 4.79 Å². The number of aryl methyl sites for hydroxylation is 1. The average molecular weight is 272 g/mol. The number of carbonyl (C=O) groups excluding carboxylic acids is 1. The van der Waals surface area contributed by atoms with Gasteiger partial charge in [-0.2, -0.15) is 5.10 Å². The van der Waals surface area contributed by atoms with E-state index in [0.29, 0.717) is 0 Å². The number of nitrogens with zero attached hydrogens (tertiary/aromatic N) is 2. The fourth-order valence-corrected chi connectivity index (χ4v) is 2.55. The molecule has 0 aromatic carbocycles. The van der Waals surface area contributed by atoms with E-state index in [1.54, 1.807) is 18.3 Å². The molecule has 20 heavy (non-hydrogen) atoms. The summed E-state index contributed by atoms with van der Waals surface area (Å²) in [5, 5.41) is 9.96. The molecule has 1 atom stereocenters. The number of pyridine rings is 1. The molecule has 2 N–H and O–H groups in total. The maximum atomic E-state index is 12.0. The summed E-state index contributed by atoms with van der Waals surface area (Å²) >= 11 is 0. The van der Waals surface area contributed by atoms with Crippen LogP contribution in [0.3, 0.4) is 0 Å². The van der Waals surface area contributed by atoms with Crippen molar-refractivity contribution in [3.05, 3.63) is 52.2 Å². The van der Waals surface area contributed by atoms with E-state index in [9.17, 15) is 9.59 Å². The van der Waals surface area contributed by atoms with Crippen molar-refractivity contribution in [2.75, 3.05) is 0 Å². The van der Waals surface area contributed by atoms with Gasteiger partial charge in [0.2, 0.25) is 5.91 Å². The molecule has 1 aliphatic carbocycles. The zero-order chi connectivity index (χ0) is 13.9. The van der Waals surface area contributed by atoms with E-state index < -0.39 is 0 Å². The van der Waals surface area contributed by atoms with Gasteiger partial charge < -0.3 is 9.88 Å². The Kier molecular flexibility index (Phi) is 3.37. The summed E-state index contributed by atoms with van der Waals surface area (Å²) in [6.45, 7) is 0.0615. The quantitative estimate of drug-likeness (QED) is 0.840. The molecule has 104 valence electrons. The predicted octanol–water partition coefficient (Wildman–Crippen LogP) is 0.245. The third-order valence-corrected chi connectivity index (χ3v) is 3.60. The minimum absolute atomic E-state index is 0.0615. The third-order valence-electron chi connectivity index (χ3n) is 3.60. The summed E-state index contributed by atoms with van der Waals surface area (Å²) in [6, 6.07) is 4.96. The van der Waals surface area contributed by atoms with Crippen LogP contribution in [0.1, 0.15) is 17.7 Å². The van der Waals surface area contributed by atoms with Crippen LogP contribution < -0.4 is 10.9 Å². The second kappa shape index (κ2) is 5.32. The molecule has 2 aromatic heterocycles. The van der Waals surface area contributed by atoms with E-state index in [1.165, 1.54) is 16.2 Å². The number of rotatable bonds is 3. The Bertz CT molecular complexity index is 674. The molecule has 0 radical (unpaired) electrons. The molecule has 0 bridgehead atoms. The van der Waals surface area contributed by atoms with Gasteiger partial charge >= 0.3 is 0 Å². The standard InChI is InChI=1S/C14H16N4O2/c19-13(9-18-6-2-1-3-14(18)20)16-11-5-4-10-8-15-17-12(10)7-11/h1-3,6,8,11H,4-5,7,9H2,(H,15,17)(H,16,19). The molecule has 2 aromatic rings. The fraction of sp³-hybridized carbons (Fsp3) is 0.357. The van der Waals surface area contributed by atoms with Gasteiger partial charge in [-0.15, -0.1) is 0 Å². The molecule has 1 aliphatic rings. The lowest BCUT2D eigenvalue weighted by molar-refractivity contribution is -0.122. The fourth-order valence-electron chi connectivity index (χ4n) is 2.55. The van der Waals surface area contributed by atoms with Gasteiger partial charge in [0, 0.05) is 30.4 Å². The average Bonchev–Trinajstić information content (AvgIpc) is 2.89. The minimum atomic E-state index is -0.165. The van der Waals surface area contributed by atoms with Gasteiger partial charge in [0.15, 0.2) is 0 Å². The van der Waals surface area contributed by atoms with Crippen molar-refractivity contribution in [2.24, 2.45) is 0 Å². The van der Waals surface area contributed by atoms with Crippen molar-refractivity contribution in [1.29, 1.82) is 0 Å². The van der Waals surface area contributed by atoms with Gasteiger partial charge in [-0.05, 0) is 24.5 Å². The highest BCUT2D eigenvalue weighted by molar-refractivity contribution is 5.76. The smallest absolute Gasteiger partial charge is 0.250 e. The lowest BCUT2D eigenvalue weighted by Gasteiger charge is -2.22. The summed E-state index contributed by atoms with van der Waals surface area (Å²) in [6.07, 6.45) is 6.06. The van der Waals surface area contributed by atoms with Crippen molar-refractivity contribution in [2.45, 2.75) is 31.8 Å². The van der Waals surface area contributed by atoms with E-state index in [-0.39, 0.29) is 24.1 Å². The molecule has 6 heteroatoms. The molecule has 0 saturated heterocycles. The van der Waals surface area contributed by atoms with E-state index in [2.05, 4.69) is 15.5 Å².